The number of nitrogens with zero attached hydrogens (tertiary/aromatic N) is 1. The summed E-state index contributed by atoms with van der Waals surface area (Å²) in [6.07, 6.45) is 5.46. The maximum atomic E-state index is 5.74. The minimum atomic E-state index is 0.405. The monoisotopic (exact) mass is 183 g/mol. The first-order valence-electron chi connectivity index (χ1n) is 3.69. The first-order valence-corrected chi connectivity index (χ1v) is 4.07. The van der Waals surface area contributed by atoms with Crippen molar-refractivity contribution < 1.29 is 4.74 Å². The third kappa shape index (κ3) is 2.55. The van der Waals surface area contributed by atoms with Gasteiger partial charge in [0.25, 0.3) is 0 Å². The summed E-state index contributed by atoms with van der Waals surface area (Å²) in [5.74, 6) is 0.622. The molecule has 0 aliphatic heterocycles. The molecule has 0 aromatic carbocycles. The molecule has 0 spiro atoms. The lowest BCUT2D eigenvalue weighted by atomic mass is 10.4. The van der Waals surface area contributed by atoms with Crippen LogP contribution in [-0.4, -0.2) is 11.6 Å². The maximum Gasteiger partial charge on any atom is 0.171 e. The molecule has 0 bridgehead atoms. The van der Waals surface area contributed by atoms with E-state index in [2.05, 4.69) is 4.98 Å². The van der Waals surface area contributed by atoms with E-state index in [0.29, 0.717) is 17.5 Å². The van der Waals surface area contributed by atoms with Crippen molar-refractivity contribution >= 4 is 11.6 Å². The van der Waals surface area contributed by atoms with Gasteiger partial charge in [0.1, 0.15) is 6.61 Å². The first-order chi connectivity index (χ1) is 5.84. The van der Waals surface area contributed by atoms with E-state index in [4.69, 9.17) is 16.3 Å². The molecule has 1 heterocycles. The van der Waals surface area contributed by atoms with Crippen molar-refractivity contribution in [3.05, 3.63) is 35.6 Å². The predicted molar refractivity (Wildman–Crippen MR) is 49.6 cm³/mol. The molecule has 64 valence electrons. The summed E-state index contributed by atoms with van der Waals surface area (Å²) >= 11 is 5.74. The van der Waals surface area contributed by atoms with Gasteiger partial charge >= 0.3 is 0 Å². The highest BCUT2D eigenvalue weighted by Gasteiger charge is 1.97. The number of aromatic nitrogens is 1. The first kappa shape index (κ1) is 9.07. The zero-order chi connectivity index (χ0) is 8.81. The smallest absolute Gasteiger partial charge is 0.171 e. The van der Waals surface area contributed by atoms with E-state index < -0.39 is 0 Å². The molecular weight excluding hydrogens is 174 g/mol. The molecule has 0 aliphatic rings. The predicted octanol–water partition coefficient (Wildman–Crippen LogP) is 2.69. The van der Waals surface area contributed by atoms with Crippen LogP contribution in [-0.2, 0) is 0 Å². The number of ether oxygens (including phenoxy) is 1. The van der Waals surface area contributed by atoms with Crippen molar-refractivity contribution in [3.63, 3.8) is 0 Å². The van der Waals surface area contributed by atoms with Gasteiger partial charge in [0.2, 0.25) is 0 Å². The standard InChI is InChI=1S/C9H10ClNO/c1-2-3-7-12-8-5-4-6-11-9(8)10/h2-6H,7H2,1H3. The normalized spacial score (nSPS) is 10.5. The highest BCUT2D eigenvalue weighted by Crippen LogP contribution is 2.19. The Balaban J connectivity index is 2.57. The van der Waals surface area contributed by atoms with Crippen LogP contribution in [0.25, 0.3) is 0 Å². The van der Waals surface area contributed by atoms with Crippen LogP contribution in [0.4, 0.5) is 0 Å². The third-order valence-corrected chi connectivity index (χ3v) is 1.58. The molecule has 1 rings (SSSR count). The van der Waals surface area contributed by atoms with Gasteiger partial charge in [-0.1, -0.05) is 23.8 Å². The summed E-state index contributed by atoms with van der Waals surface area (Å²) in [6, 6.07) is 3.58. The molecule has 1 aromatic rings. The molecule has 0 atom stereocenters. The van der Waals surface area contributed by atoms with Crippen LogP contribution in [0.3, 0.4) is 0 Å². The van der Waals surface area contributed by atoms with Gasteiger partial charge in [-0.05, 0) is 19.1 Å². The van der Waals surface area contributed by atoms with E-state index in [1.807, 2.05) is 19.1 Å². The summed E-state index contributed by atoms with van der Waals surface area (Å²) in [5.41, 5.74) is 0. The third-order valence-electron chi connectivity index (χ3n) is 1.30. The van der Waals surface area contributed by atoms with Crippen molar-refractivity contribution in [2.45, 2.75) is 6.92 Å². The SMILES string of the molecule is CC=CCOc1cccnc1Cl. The molecule has 0 N–H and O–H groups in total. The fourth-order valence-corrected chi connectivity index (χ4v) is 0.887. The topological polar surface area (TPSA) is 22.1 Å². The Labute approximate surface area is 76.8 Å². The summed E-state index contributed by atoms with van der Waals surface area (Å²) < 4.78 is 5.30. The molecule has 0 aliphatic carbocycles. The average Bonchev–Trinajstić information content (AvgIpc) is 2.09. The fraction of sp³-hybridized carbons (Fsp3) is 0.222. The van der Waals surface area contributed by atoms with Gasteiger partial charge in [-0.2, -0.15) is 0 Å². The fourth-order valence-electron chi connectivity index (χ4n) is 0.713. The van der Waals surface area contributed by atoms with Gasteiger partial charge in [-0.3, -0.25) is 0 Å². The minimum Gasteiger partial charge on any atom is -0.486 e. The Morgan fingerprint density at radius 1 is 1.67 bits per heavy atom. The minimum absolute atomic E-state index is 0.405. The van der Waals surface area contributed by atoms with Crippen LogP contribution in [0.2, 0.25) is 5.15 Å². The van der Waals surface area contributed by atoms with Gasteiger partial charge in [-0.15, -0.1) is 0 Å². The van der Waals surface area contributed by atoms with E-state index >= 15 is 0 Å². The molecule has 0 fully saturated rings. The zero-order valence-corrected chi connectivity index (χ0v) is 7.58. The number of hydrogen-bond acceptors (Lipinski definition) is 2. The Morgan fingerprint density at radius 3 is 3.17 bits per heavy atom. The van der Waals surface area contributed by atoms with Gasteiger partial charge in [0, 0.05) is 6.20 Å². The summed E-state index contributed by atoms with van der Waals surface area (Å²) in [7, 11) is 0. The van der Waals surface area contributed by atoms with Crippen molar-refractivity contribution in [2.24, 2.45) is 0 Å². The van der Waals surface area contributed by atoms with Crippen LogP contribution in [0.5, 0.6) is 5.75 Å². The van der Waals surface area contributed by atoms with Gasteiger partial charge in [0.05, 0.1) is 0 Å². The molecule has 12 heavy (non-hydrogen) atoms. The molecule has 0 amide bonds. The number of pyridine rings is 1. The molecule has 0 radical (unpaired) electrons. The lowest BCUT2D eigenvalue weighted by Crippen LogP contribution is -1.94. The summed E-state index contributed by atoms with van der Waals surface area (Å²) in [6.45, 7) is 2.47. The second kappa shape index (κ2) is 4.78. The molecule has 0 saturated carbocycles. The van der Waals surface area contributed by atoms with E-state index in [1.54, 1.807) is 18.3 Å². The molecule has 3 heteroatoms. The largest absolute Gasteiger partial charge is 0.486 e. The molecule has 0 unspecified atom stereocenters. The van der Waals surface area contributed by atoms with Crippen molar-refractivity contribution in [1.82, 2.24) is 4.98 Å². The van der Waals surface area contributed by atoms with E-state index in [9.17, 15) is 0 Å². The molecule has 1 aromatic heterocycles. The lowest BCUT2D eigenvalue weighted by molar-refractivity contribution is 0.361. The lowest BCUT2D eigenvalue weighted by Gasteiger charge is -2.02. The highest BCUT2D eigenvalue weighted by molar-refractivity contribution is 6.30. The van der Waals surface area contributed by atoms with Crippen LogP contribution in [0.15, 0.2) is 30.5 Å². The van der Waals surface area contributed by atoms with Crippen molar-refractivity contribution in [2.75, 3.05) is 6.61 Å². The van der Waals surface area contributed by atoms with Gasteiger partial charge in [0.15, 0.2) is 10.9 Å². The Bertz CT molecular complexity index is 273. The van der Waals surface area contributed by atoms with Crippen LogP contribution >= 0.6 is 11.6 Å². The number of hydrogen-bond donors (Lipinski definition) is 0. The van der Waals surface area contributed by atoms with Gasteiger partial charge < -0.3 is 4.74 Å². The maximum absolute atomic E-state index is 5.74. The van der Waals surface area contributed by atoms with Gasteiger partial charge in [-0.25, -0.2) is 4.98 Å². The zero-order valence-electron chi connectivity index (χ0n) is 6.83. The Hall–Kier alpha value is -1.02. The van der Waals surface area contributed by atoms with Crippen LogP contribution in [0, 0.1) is 0 Å². The van der Waals surface area contributed by atoms with E-state index in [0.717, 1.165) is 0 Å². The average molecular weight is 184 g/mol. The Morgan fingerprint density at radius 2 is 2.50 bits per heavy atom. The van der Waals surface area contributed by atoms with Crippen LogP contribution < -0.4 is 4.74 Å². The van der Waals surface area contributed by atoms with Crippen molar-refractivity contribution in [1.29, 1.82) is 0 Å². The van der Waals surface area contributed by atoms with E-state index in [-0.39, 0.29) is 0 Å². The molecular formula is C9H10ClNO. The molecule has 2 nitrogen and oxygen atoms in total. The number of halogens is 1. The summed E-state index contributed by atoms with van der Waals surface area (Å²) in [5, 5.41) is 0.405. The van der Waals surface area contributed by atoms with E-state index in [1.165, 1.54) is 0 Å². The van der Waals surface area contributed by atoms with Crippen molar-refractivity contribution in [3.8, 4) is 5.75 Å². The number of allylic oxidation sites excluding steroid dienone is 1. The molecule has 0 saturated heterocycles. The second-order valence-electron chi connectivity index (χ2n) is 2.17. The Kier molecular flexibility index (Phi) is 3.61. The van der Waals surface area contributed by atoms with Crippen LogP contribution in [0.1, 0.15) is 6.92 Å². The number of rotatable bonds is 3. The summed E-state index contributed by atoms with van der Waals surface area (Å²) in [4.78, 5) is 3.87. The second-order valence-corrected chi connectivity index (χ2v) is 2.53. The quantitative estimate of drug-likeness (QED) is 0.531. The highest BCUT2D eigenvalue weighted by atomic mass is 35.5.